The quantitative estimate of drug-likeness (QED) is 0.850. The fraction of sp³-hybridized carbons (Fsp3) is 0.538. The van der Waals surface area contributed by atoms with Crippen molar-refractivity contribution >= 4 is 0 Å². The summed E-state index contributed by atoms with van der Waals surface area (Å²) in [6.45, 7) is 10.2. The van der Waals surface area contributed by atoms with Crippen molar-refractivity contribution in [3.8, 4) is 0 Å². The number of imidazole rings is 1. The molecule has 18 heavy (non-hydrogen) atoms. The molecule has 0 aliphatic rings. The van der Waals surface area contributed by atoms with Crippen molar-refractivity contribution in [2.24, 2.45) is 0 Å². The Morgan fingerprint density at radius 2 is 2.22 bits per heavy atom. The molecule has 0 bridgehead atoms. The molecule has 98 valence electrons. The van der Waals surface area contributed by atoms with Crippen LogP contribution in [0.15, 0.2) is 12.5 Å². The number of aromatic nitrogens is 4. The Morgan fingerprint density at radius 3 is 2.78 bits per heavy atom. The molecule has 5 heteroatoms. The summed E-state index contributed by atoms with van der Waals surface area (Å²) in [4.78, 5) is 7.11. The van der Waals surface area contributed by atoms with Gasteiger partial charge in [0.2, 0.25) is 0 Å². The molecule has 2 heterocycles. The highest BCUT2D eigenvalue weighted by molar-refractivity contribution is 5.27. The van der Waals surface area contributed by atoms with E-state index in [1.165, 1.54) is 11.3 Å². The third kappa shape index (κ3) is 2.46. The number of nitrogens with one attached hydrogen (secondary N) is 2. The Labute approximate surface area is 108 Å². The maximum absolute atomic E-state index is 4.55. The maximum Gasteiger partial charge on any atom is 0.0922 e. The highest BCUT2D eigenvalue weighted by Crippen LogP contribution is 2.21. The van der Waals surface area contributed by atoms with Gasteiger partial charge >= 0.3 is 0 Å². The molecule has 0 aromatic carbocycles. The van der Waals surface area contributed by atoms with E-state index in [9.17, 15) is 0 Å². The third-order valence-electron chi connectivity index (χ3n) is 3.32. The van der Waals surface area contributed by atoms with Crippen molar-refractivity contribution in [1.29, 1.82) is 0 Å². The summed E-state index contributed by atoms with van der Waals surface area (Å²) in [6.07, 6.45) is 3.54. The van der Waals surface area contributed by atoms with Gasteiger partial charge in [0.25, 0.3) is 0 Å². The van der Waals surface area contributed by atoms with Crippen LogP contribution in [0.1, 0.15) is 42.5 Å². The monoisotopic (exact) mass is 247 g/mol. The molecule has 0 spiro atoms. The minimum Gasteiger partial charge on any atom is -0.347 e. The summed E-state index contributed by atoms with van der Waals surface area (Å²) >= 11 is 0. The van der Waals surface area contributed by atoms with Crippen molar-refractivity contribution in [2.75, 3.05) is 0 Å². The van der Waals surface area contributed by atoms with Crippen LogP contribution in [0.2, 0.25) is 0 Å². The third-order valence-corrected chi connectivity index (χ3v) is 3.32. The van der Waals surface area contributed by atoms with Crippen molar-refractivity contribution < 1.29 is 0 Å². The number of nitrogens with zero attached hydrogens (tertiary/aromatic N) is 3. The Hall–Kier alpha value is -1.62. The number of aromatic amines is 1. The Kier molecular flexibility index (Phi) is 3.81. The highest BCUT2D eigenvalue weighted by Gasteiger charge is 2.16. The van der Waals surface area contributed by atoms with Gasteiger partial charge in [0, 0.05) is 42.3 Å². The van der Waals surface area contributed by atoms with Gasteiger partial charge in [-0.15, -0.1) is 0 Å². The molecule has 0 radical (unpaired) electrons. The van der Waals surface area contributed by atoms with E-state index in [4.69, 9.17) is 0 Å². The van der Waals surface area contributed by atoms with Crippen LogP contribution in [0.4, 0.5) is 0 Å². The van der Waals surface area contributed by atoms with Gasteiger partial charge < -0.3 is 10.3 Å². The van der Waals surface area contributed by atoms with E-state index >= 15 is 0 Å². The standard InChI is InChI=1S/C13H21N5/c1-5-18-11(4)13(10(3)17-18)9(2)15-7-12-6-14-8-16-12/h6,8-9,15H,5,7H2,1-4H3,(H,14,16). The summed E-state index contributed by atoms with van der Waals surface area (Å²) < 4.78 is 2.05. The first-order valence-corrected chi connectivity index (χ1v) is 6.38. The number of hydrogen-bond acceptors (Lipinski definition) is 3. The molecular formula is C13H21N5. The molecular weight excluding hydrogens is 226 g/mol. The van der Waals surface area contributed by atoms with E-state index in [-0.39, 0.29) is 6.04 Å². The molecule has 0 amide bonds. The van der Waals surface area contributed by atoms with Gasteiger partial charge in [0.1, 0.15) is 0 Å². The molecule has 0 saturated carbocycles. The molecule has 0 saturated heterocycles. The van der Waals surface area contributed by atoms with E-state index in [2.05, 4.69) is 52.8 Å². The van der Waals surface area contributed by atoms with Crippen LogP contribution in [-0.2, 0) is 13.1 Å². The minimum absolute atomic E-state index is 0.286. The van der Waals surface area contributed by atoms with Crippen molar-refractivity contribution in [1.82, 2.24) is 25.1 Å². The van der Waals surface area contributed by atoms with E-state index < -0.39 is 0 Å². The van der Waals surface area contributed by atoms with Crippen LogP contribution in [0.5, 0.6) is 0 Å². The number of aryl methyl sites for hydroxylation is 2. The van der Waals surface area contributed by atoms with Crippen LogP contribution in [0, 0.1) is 13.8 Å². The van der Waals surface area contributed by atoms with Crippen molar-refractivity contribution in [3.05, 3.63) is 35.2 Å². The largest absolute Gasteiger partial charge is 0.347 e. The second-order valence-electron chi connectivity index (χ2n) is 4.58. The van der Waals surface area contributed by atoms with E-state index in [1.54, 1.807) is 6.33 Å². The maximum atomic E-state index is 4.55. The summed E-state index contributed by atoms with van der Waals surface area (Å²) in [7, 11) is 0. The summed E-state index contributed by atoms with van der Waals surface area (Å²) in [5.74, 6) is 0. The first kappa shape index (κ1) is 12.8. The molecule has 1 atom stereocenters. The average molecular weight is 247 g/mol. The molecule has 2 N–H and O–H groups in total. The van der Waals surface area contributed by atoms with Crippen molar-refractivity contribution in [3.63, 3.8) is 0 Å². The summed E-state index contributed by atoms with van der Waals surface area (Å²) in [5.41, 5.74) is 4.76. The normalized spacial score (nSPS) is 12.9. The van der Waals surface area contributed by atoms with Crippen LogP contribution < -0.4 is 5.32 Å². The van der Waals surface area contributed by atoms with Crippen LogP contribution >= 0.6 is 0 Å². The fourth-order valence-corrected chi connectivity index (χ4v) is 2.39. The Balaban J connectivity index is 2.08. The molecule has 0 aliphatic carbocycles. The minimum atomic E-state index is 0.286. The van der Waals surface area contributed by atoms with Gasteiger partial charge in [-0.2, -0.15) is 5.10 Å². The van der Waals surface area contributed by atoms with E-state index in [1.807, 2.05) is 6.20 Å². The number of H-pyrrole nitrogens is 1. The molecule has 0 aliphatic heterocycles. The zero-order valence-electron chi connectivity index (χ0n) is 11.5. The lowest BCUT2D eigenvalue weighted by molar-refractivity contribution is 0.561. The molecule has 2 aromatic heterocycles. The lowest BCUT2D eigenvalue weighted by atomic mass is 10.1. The van der Waals surface area contributed by atoms with E-state index in [0.717, 1.165) is 24.5 Å². The molecule has 1 unspecified atom stereocenters. The lowest BCUT2D eigenvalue weighted by Gasteiger charge is -2.14. The van der Waals surface area contributed by atoms with Crippen LogP contribution in [0.3, 0.4) is 0 Å². The topological polar surface area (TPSA) is 58.5 Å². The number of hydrogen-bond donors (Lipinski definition) is 2. The molecule has 2 rings (SSSR count). The second-order valence-corrected chi connectivity index (χ2v) is 4.58. The zero-order valence-corrected chi connectivity index (χ0v) is 11.5. The molecule has 5 nitrogen and oxygen atoms in total. The van der Waals surface area contributed by atoms with Gasteiger partial charge in [-0.25, -0.2) is 4.98 Å². The second kappa shape index (κ2) is 5.35. The summed E-state index contributed by atoms with van der Waals surface area (Å²) in [6, 6.07) is 0.286. The van der Waals surface area contributed by atoms with Crippen LogP contribution in [0.25, 0.3) is 0 Å². The summed E-state index contributed by atoms with van der Waals surface area (Å²) in [5, 5.41) is 8.05. The smallest absolute Gasteiger partial charge is 0.0922 e. The Morgan fingerprint density at radius 1 is 1.44 bits per heavy atom. The fourth-order valence-electron chi connectivity index (χ4n) is 2.39. The first-order chi connectivity index (χ1) is 8.63. The SMILES string of the molecule is CCn1nc(C)c(C(C)NCc2cnc[nH]2)c1C. The van der Waals surface area contributed by atoms with Gasteiger partial charge in [0.05, 0.1) is 12.0 Å². The highest BCUT2D eigenvalue weighted by atomic mass is 15.3. The first-order valence-electron chi connectivity index (χ1n) is 6.38. The predicted molar refractivity (Wildman–Crippen MR) is 71.2 cm³/mol. The predicted octanol–water partition coefficient (Wildman–Crippen LogP) is 2.09. The van der Waals surface area contributed by atoms with Gasteiger partial charge in [-0.1, -0.05) is 0 Å². The van der Waals surface area contributed by atoms with Crippen LogP contribution in [-0.4, -0.2) is 19.7 Å². The van der Waals surface area contributed by atoms with Gasteiger partial charge in [0.15, 0.2) is 0 Å². The zero-order chi connectivity index (χ0) is 13.1. The van der Waals surface area contributed by atoms with Gasteiger partial charge in [-0.05, 0) is 27.7 Å². The van der Waals surface area contributed by atoms with E-state index in [0.29, 0.717) is 0 Å². The molecule has 2 aromatic rings. The Bertz CT molecular complexity index is 498. The molecule has 0 fully saturated rings. The number of rotatable bonds is 5. The van der Waals surface area contributed by atoms with Crippen molar-refractivity contribution in [2.45, 2.75) is 46.8 Å². The average Bonchev–Trinajstić information content (AvgIpc) is 2.94. The lowest BCUT2D eigenvalue weighted by Crippen LogP contribution is -2.19. The van der Waals surface area contributed by atoms with Gasteiger partial charge in [-0.3, -0.25) is 4.68 Å².